The molecule has 0 aliphatic rings. The Balaban J connectivity index is 5.46. The average Bonchev–Trinajstić information content (AvgIpc) is 3.28. The van der Waals surface area contributed by atoms with Gasteiger partial charge in [0.1, 0.15) is 19.3 Å². The Hall–Kier alpha value is -2.55. The van der Waals surface area contributed by atoms with Crippen molar-refractivity contribution < 1.29 is 37.3 Å². The highest BCUT2D eigenvalue weighted by molar-refractivity contribution is 7.47. The maximum atomic E-state index is 13.4. The zero-order valence-corrected chi connectivity index (χ0v) is 45.0. The standard InChI is InChI=1S/C57H103N2O7P/c1-7-10-13-16-19-22-25-27-28-29-30-32-35-38-41-44-47-50-57(61)66-55(48-45-42-39-36-33-24-21-18-15-12-9-3)54(53-65-67(62,63)64-52-51-59(4,5)6)58-56(60)49-46-43-40-37-34-31-26-23-20-17-14-11-8-2/h10,13,19,22,27-28,30,32,38,41,45,48,54-55H,7-9,11-12,14-18,20-21,23-26,29,31,33-37,39-40,42-44,46-47,49-53H2,1-6H3,(H-,58,60,62,63)/p+1/b13-10-,22-19-,28-27-,32-30-,41-38-,48-45+. The molecular weight excluding hydrogens is 856 g/mol. The molecule has 1 amide bonds. The molecule has 0 aromatic carbocycles. The minimum absolute atomic E-state index is 0.0301. The zero-order valence-electron chi connectivity index (χ0n) is 44.1. The highest BCUT2D eigenvalue weighted by Gasteiger charge is 2.30. The van der Waals surface area contributed by atoms with Crippen molar-refractivity contribution in [2.24, 2.45) is 0 Å². The molecule has 10 heteroatoms. The van der Waals surface area contributed by atoms with Crippen molar-refractivity contribution in [1.29, 1.82) is 0 Å². The molecule has 3 unspecified atom stereocenters. The number of phosphoric ester groups is 1. The van der Waals surface area contributed by atoms with E-state index in [9.17, 15) is 19.0 Å². The van der Waals surface area contributed by atoms with Crippen LogP contribution in [-0.4, -0.2) is 74.3 Å². The smallest absolute Gasteiger partial charge is 0.456 e. The van der Waals surface area contributed by atoms with Crippen LogP contribution in [0.2, 0.25) is 0 Å². The van der Waals surface area contributed by atoms with Gasteiger partial charge in [0.25, 0.3) is 0 Å². The predicted molar refractivity (Wildman–Crippen MR) is 286 cm³/mol. The molecule has 2 N–H and O–H groups in total. The lowest BCUT2D eigenvalue weighted by Crippen LogP contribution is -2.47. The first-order valence-corrected chi connectivity index (χ1v) is 28.8. The predicted octanol–water partition coefficient (Wildman–Crippen LogP) is 16.1. The van der Waals surface area contributed by atoms with Crippen LogP contribution in [0.15, 0.2) is 72.9 Å². The Labute approximate surface area is 413 Å². The van der Waals surface area contributed by atoms with Crippen LogP contribution in [0.5, 0.6) is 0 Å². The van der Waals surface area contributed by atoms with Gasteiger partial charge in [0.2, 0.25) is 5.91 Å². The number of carbonyl (C=O) groups is 2. The van der Waals surface area contributed by atoms with Crippen molar-refractivity contribution in [2.75, 3.05) is 40.9 Å². The molecule has 0 aromatic rings. The number of quaternary nitrogens is 1. The number of rotatable bonds is 48. The fraction of sp³-hybridized carbons (Fsp3) is 0.754. The summed E-state index contributed by atoms with van der Waals surface area (Å²) < 4.78 is 30.5. The molecule has 9 nitrogen and oxygen atoms in total. The van der Waals surface area contributed by atoms with E-state index in [-0.39, 0.29) is 31.5 Å². The van der Waals surface area contributed by atoms with E-state index in [1.165, 1.54) is 109 Å². The highest BCUT2D eigenvalue weighted by atomic mass is 31.2. The van der Waals surface area contributed by atoms with Crippen molar-refractivity contribution in [3.63, 3.8) is 0 Å². The Kier molecular flexibility index (Phi) is 45.3. The van der Waals surface area contributed by atoms with Gasteiger partial charge >= 0.3 is 13.8 Å². The first-order valence-electron chi connectivity index (χ1n) is 27.3. The van der Waals surface area contributed by atoms with E-state index in [1.807, 2.05) is 33.3 Å². The largest absolute Gasteiger partial charge is 0.472 e. The first-order chi connectivity index (χ1) is 32.4. The van der Waals surface area contributed by atoms with Gasteiger partial charge < -0.3 is 19.4 Å². The molecular formula is C57H104N2O7P+. The normalized spacial score (nSPS) is 14.4. The van der Waals surface area contributed by atoms with Crippen LogP contribution in [0.1, 0.15) is 226 Å². The lowest BCUT2D eigenvalue weighted by Gasteiger charge is -2.27. The zero-order chi connectivity index (χ0) is 49.4. The number of nitrogens with zero attached hydrogens (tertiary/aromatic N) is 1. The molecule has 67 heavy (non-hydrogen) atoms. The van der Waals surface area contributed by atoms with Gasteiger partial charge in [-0.05, 0) is 70.3 Å². The summed E-state index contributed by atoms with van der Waals surface area (Å²) in [6, 6.07) is -0.869. The minimum Gasteiger partial charge on any atom is -0.456 e. The fourth-order valence-electron chi connectivity index (χ4n) is 7.45. The molecule has 0 aromatic heterocycles. The summed E-state index contributed by atoms with van der Waals surface area (Å²) in [4.78, 5) is 37.4. The number of unbranched alkanes of at least 4 members (excludes halogenated alkanes) is 22. The summed E-state index contributed by atoms with van der Waals surface area (Å²) in [5.74, 6) is -0.575. The molecule has 0 spiro atoms. The fourth-order valence-corrected chi connectivity index (χ4v) is 8.18. The van der Waals surface area contributed by atoms with Crippen LogP contribution < -0.4 is 5.32 Å². The monoisotopic (exact) mass is 960 g/mol. The number of phosphoric acid groups is 1. The molecule has 0 aliphatic heterocycles. The van der Waals surface area contributed by atoms with Crippen LogP contribution in [-0.2, 0) is 27.9 Å². The van der Waals surface area contributed by atoms with E-state index in [4.69, 9.17) is 13.8 Å². The molecule has 0 fully saturated rings. The summed E-state index contributed by atoms with van der Waals surface area (Å²) in [7, 11) is 1.46. The summed E-state index contributed by atoms with van der Waals surface area (Å²) in [6.07, 6.45) is 59.0. The van der Waals surface area contributed by atoms with Crippen LogP contribution >= 0.6 is 7.82 Å². The Morgan fingerprint density at radius 2 is 0.970 bits per heavy atom. The minimum atomic E-state index is -4.45. The van der Waals surface area contributed by atoms with E-state index >= 15 is 0 Å². The van der Waals surface area contributed by atoms with Gasteiger partial charge in [0.05, 0.1) is 33.8 Å². The number of esters is 1. The van der Waals surface area contributed by atoms with Crippen molar-refractivity contribution in [1.82, 2.24) is 5.32 Å². The number of amides is 1. The Morgan fingerprint density at radius 3 is 1.45 bits per heavy atom. The van der Waals surface area contributed by atoms with E-state index in [0.717, 1.165) is 77.0 Å². The van der Waals surface area contributed by atoms with Crippen molar-refractivity contribution in [2.45, 2.75) is 238 Å². The molecule has 0 saturated carbocycles. The van der Waals surface area contributed by atoms with Crippen molar-refractivity contribution in [3.8, 4) is 0 Å². The lowest BCUT2D eigenvalue weighted by atomic mass is 10.0. The molecule has 0 bridgehead atoms. The second-order valence-corrected chi connectivity index (χ2v) is 20.8. The van der Waals surface area contributed by atoms with Gasteiger partial charge in [-0.25, -0.2) is 4.57 Å². The molecule has 0 saturated heterocycles. The number of ether oxygens (including phenoxy) is 1. The lowest BCUT2D eigenvalue weighted by molar-refractivity contribution is -0.870. The number of carbonyl (C=O) groups excluding carboxylic acids is 2. The summed E-state index contributed by atoms with van der Waals surface area (Å²) in [5, 5.41) is 3.02. The van der Waals surface area contributed by atoms with Crippen LogP contribution in [0.3, 0.4) is 0 Å². The maximum Gasteiger partial charge on any atom is 0.472 e. The van der Waals surface area contributed by atoms with Gasteiger partial charge in [-0.3, -0.25) is 18.6 Å². The van der Waals surface area contributed by atoms with E-state index in [1.54, 1.807) is 0 Å². The second kappa shape index (κ2) is 47.1. The van der Waals surface area contributed by atoms with E-state index < -0.39 is 20.0 Å². The van der Waals surface area contributed by atoms with Crippen molar-refractivity contribution in [3.05, 3.63) is 72.9 Å². The summed E-state index contributed by atoms with van der Waals surface area (Å²) >= 11 is 0. The second-order valence-electron chi connectivity index (χ2n) is 19.4. The van der Waals surface area contributed by atoms with Crippen molar-refractivity contribution >= 4 is 19.7 Å². The third-order valence-corrected chi connectivity index (χ3v) is 12.6. The van der Waals surface area contributed by atoms with Gasteiger partial charge in [-0.1, -0.05) is 216 Å². The van der Waals surface area contributed by atoms with E-state index in [2.05, 4.69) is 86.8 Å². The summed E-state index contributed by atoms with van der Waals surface area (Å²) in [6.45, 7) is 6.84. The third kappa shape index (κ3) is 48.3. The van der Waals surface area contributed by atoms with E-state index in [0.29, 0.717) is 23.9 Å². The number of likely N-dealkylation sites (N-methyl/N-ethyl adjacent to an activating group) is 1. The SMILES string of the molecule is CC/C=C\C/C=C\C/C=C\C/C=C\C/C=C\CCCC(=O)OC(/C=C/CCCCCCCCCCC)C(COP(=O)(O)OCC[N+](C)(C)C)NC(=O)CCCCCCCCCCCCCCC. The molecule has 0 aliphatic carbocycles. The molecule has 0 heterocycles. The summed E-state index contributed by atoms with van der Waals surface area (Å²) in [5.41, 5.74) is 0. The van der Waals surface area contributed by atoms with Crippen LogP contribution in [0.25, 0.3) is 0 Å². The van der Waals surface area contributed by atoms with Gasteiger partial charge in [-0.2, -0.15) is 0 Å². The molecule has 3 atom stereocenters. The number of hydrogen-bond donors (Lipinski definition) is 2. The first kappa shape index (κ1) is 64.5. The average molecular weight is 960 g/mol. The van der Waals surface area contributed by atoms with Gasteiger partial charge in [0.15, 0.2) is 0 Å². The highest BCUT2D eigenvalue weighted by Crippen LogP contribution is 2.43. The van der Waals surface area contributed by atoms with Crippen LogP contribution in [0.4, 0.5) is 0 Å². The van der Waals surface area contributed by atoms with Gasteiger partial charge in [0, 0.05) is 12.8 Å². The Morgan fingerprint density at radius 1 is 0.537 bits per heavy atom. The molecule has 388 valence electrons. The number of allylic oxidation sites excluding steroid dienone is 11. The van der Waals surface area contributed by atoms with Gasteiger partial charge in [-0.15, -0.1) is 0 Å². The topological polar surface area (TPSA) is 111 Å². The molecule has 0 radical (unpaired) electrons. The third-order valence-electron chi connectivity index (χ3n) is 11.7. The number of hydrogen-bond acceptors (Lipinski definition) is 6. The quantitative estimate of drug-likeness (QED) is 0.0205. The van der Waals surface area contributed by atoms with Crippen LogP contribution in [0, 0.1) is 0 Å². The maximum absolute atomic E-state index is 13.4. The molecule has 0 rings (SSSR count). The number of nitrogens with one attached hydrogen (secondary N) is 1. The Bertz CT molecular complexity index is 1380.